The first-order chi connectivity index (χ1) is 13.5. The zero-order chi connectivity index (χ0) is 20.4. The summed E-state index contributed by atoms with van der Waals surface area (Å²) in [6, 6.07) is 13.5. The van der Waals surface area contributed by atoms with Crippen LogP contribution in [0.1, 0.15) is 24.6 Å². The summed E-state index contributed by atoms with van der Waals surface area (Å²) >= 11 is 0. The number of hydrogen-bond donors (Lipinski definition) is 3. The summed E-state index contributed by atoms with van der Waals surface area (Å²) in [5, 5.41) is 9.12. The highest BCUT2D eigenvalue weighted by molar-refractivity contribution is 5.90. The Kier molecular flexibility index (Phi) is 8.27. The normalized spacial score (nSPS) is 12.2. The first-order valence-electron chi connectivity index (χ1n) is 9.37. The molecule has 28 heavy (non-hydrogen) atoms. The zero-order valence-electron chi connectivity index (χ0n) is 17.0. The van der Waals surface area contributed by atoms with E-state index in [1.165, 1.54) is 0 Å². The number of aryl methyl sites for hydroxylation is 2. The molecule has 1 amide bonds. The lowest BCUT2D eigenvalue weighted by Crippen LogP contribution is -2.42. The number of hydrogen-bond acceptors (Lipinski definition) is 4. The monoisotopic (exact) mass is 383 g/mol. The Morgan fingerprint density at radius 1 is 1.18 bits per heavy atom. The summed E-state index contributed by atoms with van der Waals surface area (Å²) in [5.41, 5.74) is 2.02. The highest BCUT2D eigenvalue weighted by atomic mass is 16.5. The number of aromatic nitrogens is 1. The van der Waals surface area contributed by atoms with E-state index in [1.54, 1.807) is 13.1 Å². The molecule has 1 aromatic heterocycles. The van der Waals surface area contributed by atoms with Crippen molar-refractivity contribution in [2.24, 2.45) is 4.99 Å². The highest BCUT2D eigenvalue weighted by Gasteiger charge is 2.07. The number of rotatable bonds is 8. The van der Waals surface area contributed by atoms with Gasteiger partial charge in [-0.25, -0.2) is 4.98 Å². The van der Waals surface area contributed by atoms with Crippen LogP contribution in [0.3, 0.4) is 0 Å². The molecule has 1 unspecified atom stereocenters. The maximum Gasteiger partial charge on any atom is 0.227 e. The average molecular weight is 383 g/mol. The van der Waals surface area contributed by atoms with Gasteiger partial charge in [0.15, 0.2) is 5.96 Å². The maximum absolute atomic E-state index is 12.0. The molecule has 3 N–H and O–H groups in total. The van der Waals surface area contributed by atoms with E-state index >= 15 is 0 Å². The van der Waals surface area contributed by atoms with Crippen LogP contribution >= 0.6 is 0 Å². The van der Waals surface area contributed by atoms with Crippen LogP contribution in [-0.2, 0) is 4.79 Å². The number of nitrogens with zero attached hydrogens (tertiary/aromatic N) is 2. The summed E-state index contributed by atoms with van der Waals surface area (Å²) in [7, 11) is 1.69. The Bertz CT molecular complexity index is 807. The molecule has 0 fully saturated rings. The number of aliphatic imine (C=N–C) groups is 1. The van der Waals surface area contributed by atoms with Gasteiger partial charge in [0.05, 0.1) is 6.54 Å². The Morgan fingerprint density at radius 3 is 2.68 bits per heavy atom. The number of pyridine rings is 1. The van der Waals surface area contributed by atoms with Crippen molar-refractivity contribution >= 4 is 17.7 Å². The van der Waals surface area contributed by atoms with E-state index < -0.39 is 0 Å². The standard InChI is InChI=1S/C21H29N5O2/c1-15-7-5-9-18(13-15)28-17(3)14-24-21(22-4)23-12-11-20(27)26-19-10-6-8-16(2)25-19/h5-10,13,17H,11-12,14H2,1-4H3,(H2,22,23,24)(H,25,26,27). The molecule has 1 aromatic carbocycles. The number of carbonyl (C=O) groups is 1. The van der Waals surface area contributed by atoms with Crippen molar-refractivity contribution in [1.82, 2.24) is 15.6 Å². The van der Waals surface area contributed by atoms with Gasteiger partial charge in [0.1, 0.15) is 17.7 Å². The maximum atomic E-state index is 12.0. The lowest BCUT2D eigenvalue weighted by atomic mass is 10.2. The number of amides is 1. The van der Waals surface area contributed by atoms with Crippen molar-refractivity contribution < 1.29 is 9.53 Å². The minimum absolute atomic E-state index is 0.0314. The van der Waals surface area contributed by atoms with Crippen LogP contribution in [0.25, 0.3) is 0 Å². The van der Waals surface area contributed by atoms with Gasteiger partial charge in [0.25, 0.3) is 0 Å². The smallest absolute Gasteiger partial charge is 0.227 e. The van der Waals surface area contributed by atoms with Crippen LogP contribution in [0.4, 0.5) is 5.82 Å². The van der Waals surface area contributed by atoms with Gasteiger partial charge in [-0.15, -0.1) is 0 Å². The van der Waals surface area contributed by atoms with Crippen molar-refractivity contribution in [2.75, 3.05) is 25.5 Å². The van der Waals surface area contributed by atoms with Crippen molar-refractivity contribution in [3.63, 3.8) is 0 Å². The second-order valence-corrected chi connectivity index (χ2v) is 6.59. The predicted octanol–water partition coefficient (Wildman–Crippen LogP) is 2.66. The van der Waals surface area contributed by atoms with E-state index in [9.17, 15) is 4.79 Å². The van der Waals surface area contributed by atoms with E-state index in [4.69, 9.17) is 4.74 Å². The lowest BCUT2D eigenvalue weighted by Gasteiger charge is -2.18. The molecule has 150 valence electrons. The van der Waals surface area contributed by atoms with Crippen LogP contribution in [0.15, 0.2) is 47.5 Å². The highest BCUT2D eigenvalue weighted by Crippen LogP contribution is 2.13. The van der Waals surface area contributed by atoms with Gasteiger partial charge in [-0.1, -0.05) is 18.2 Å². The van der Waals surface area contributed by atoms with Crippen LogP contribution in [0.5, 0.6) is 5.75 Å². The molecule has 2 aromatic rings. The Balaban J connectivity index is 1.68. The molecule has 1 atom stereocenters. The number of guanidine groups is 1. The van der Waals surface area contributed by atoms with Gasteiger partial charge in [0, 0.05) is 25.7 Å². The summed E-state index contributed by atoms with van der Waals surface area (Å²) in [5.74, 6) is 1.94. The van der Waals surface area contributed by atoms with Gasteiger partial charge in [0.2, 0.25) is 5.91 Å². The third kappa shape index (κ3) is 7.65. The molecule has 0 aliphatic rings. The minimum Gasteiger partial charge on any atom is -0.489 e. The molecule has 0 bridgehead atoms. The number of nitrogens with one attached hydrogen (secondary N) is 3. The molecule has 7 nitrogen and oxygen atoms in total. The van der Waals surface area contributed by atoms with E-state index in [2.05, 4.69) is 25.9 Å². The average Bonchev–Trinajstić information content (AvgIpc) is 2.64. The van der Waals surface area contributed by atoms with Gasteiger partial charge >= 0.3 is 0 Å². The first kappa shape index (κ1) is 21.2. The molecular formula is C21H29N5O2. The van der Waals surface area contributed by atoms with E-state index in [0.717, 1.165) is 17.0 Å². The van der Waals surface area contributed by atoms with Gasteiger partial charge in [-0.3, -0.25) is 9.79 Å². The fraction of sp³-hybridized carbons (Fsp3) is 0.381. The van der Waals surface area contributed by atoms with Crippen molar-refractivity contribution in [3.05, 3.63) is 53.7 Å². The van der Waals surface area contributed by atoms with Crippen molar-refractivity contribution in [1.29, 1.82) is 0 Å². The molecule has 0 aliphatic carbocycles. The van der Waals surface area contributed by atoms with Crippen LogP contribution in [-0.4, -0.2) is 43.1 Å². The molecule has 0 aliphatic heterocycles. The molecule has 2 rings (SSSR count). The van der Waals surface area contributed by atoms with Gasteiger partial charge < -0.3 is 20.7 Å². The topological polar surface area (TPSA) is 87.6 Å². The van der Waals surface area contributed by atoms with Crippen molar-refractivity contribution in [2.45, 2.75) is 33.3 Å². The van der Waals surface area contributed by atoms with Crippen LogP contribution in [0, 0.1) is 13.8 Å². The van der Waals surface area contributed by atoms with Crippen molar-refractivity contribution in [3.8, 4) is 5.75 Å². The molecular weight excluding hydrogens is 354 g/mol. The van der Waals surface area contributed by atoms with Gasteiger partial charge in [-0.05, 0) is 50.6 Å². The summed E-state index contributed by atoms with van der Waals surface area (Å²) in [6.45, 7) is 6.96. The second kappa shape index (κ2) is 10.9. The third-order valence-corrected chi connectivity index (χ3v) is 3.91. The molecule has 0 saturated carbocycles. The number of ether oxygens (including phenoxy) is 1. The second-order valence-electron chi connectivity index (χ2n) is 6.59. The van der Waals surface area contributed by atoms with Gasteiger partial charge in [-0.2, -0.15) is 0 Å². The number of carbonyl (C=O) groups excluding carboxylic acids is 1. The zero-order valence-corrected chi connectivity index (χ0v) is 17.0. The minimum atomic E-state index is -0.0998. The van der Waals surface area contributed by atoms with E-state index in [0.29, 0.717) is 31.3 Å². The fourth-order valence-corrected chi connectivity index (χ4v) is 2.54. The van der Waals surface area contributed by atoms with E-state index in [-0.39, 0.29) is 12.0 Å². The Morgan fingerprint density at radius 2 is 1.96 bits per heavy atom. The molecule has 0 saturated heterocycles. The lowest BCUT2D eigenvalue weighted by molar-refractivity contribution is -0.116. The first-order valence-corrected chi connectivity index (χ1v) is 9.37. The summed E-state index contributed by atoms with van der Waals surface area (Å²) in [4.78, 5) is 20.4. The fourth-order valence-electron chi connectivity index (χ4n) is 2.54. The molecule has 7 heteroatoms. The molecule has 0 radical (unpaired) electrons. The SMILES string of the molecule is CN=C(NCCC(=O)Nc1cccc(C)n1)NCC(C)Oc1cccc(C)c1. The quantitative estimate of drug-likeness (QED) is 0.482. The number of anilines is 1. The molecule has 0 spiro atoms. The van der Waals surface area contributed by atoms with Crippen LogP contribution in [0.2, 0.25) is 0 Å². The van der Waals surface area contributed by atoms with E-state index in [1.807, 2.05) is 57.2 Å². The largest absolute Gasteiger partial charge is 0.489 e. The Labute approximate surface area is 166 Å². The number of benzene rings is 1. The van der Waals surface area contributed by atoms with Crippen LogP contribution < -0.4 is 20.7 Å². The third-order valence-electron chi connectivity index (χ3n) is 3.91. The summed E-state index contributed by atoms with van der Waals surface area (Å²) in [6.07, 6.45) is 0.280. The Hall–Kier alpha value is -3.09. The summed E-state index contributed by atoms with van der Waals surface area (Å²) < 4.78 is 5.89. The molecule has 1 heterocycles. The predicted molar refractivity (Wildman–Crippen MR) is 113 cm³/mol.